The minimum atomic E-state index is 0.00211. The van der Waals surface area contributed by atoms with Crippen molar-refractivity contribution in [1.29, 1.82) is 0 Å². The first-order chi connectivity index (χ1) is 12.3. The van der Waals surface area contributed by atoms with Crippen LogP contribution in [0.25, 0.3) is 10.2 Å². The van der Waals surface area contributed by atoms with Gasteiger partial charge < -0.3 is 0 Å². The third-order valence-corrected chi connectivity index (χ3v) is 6.75. The van der Waals surface area contributed by atoms with Crippen molar-refractivity contribution in [1.82, 2.24) is 15.0 Å². The van der Waals surface area contributed by atoms with Gasteiger partial charge in [-0.25, -0.2) is 4.68 Å². The second kappa shape index (κ2) is 6.31. The fourth-order valence-electron chi connectivity index (χ4n) is 3.84. The number of aromatic nitrogens is 3. The van der Waals surface area contributed by atoms with Gasteiger partial charge in [-0.15, -0.1) is 16.4 Å². The van der Waals surface area contributed by atoms with Crippen LogP contribution >= 0.6 is 11.3 Å². The van der Waals surface area contributed by atoms with E-state index in [9.17, 15) is 4.79 Å². The normalized spacial score (nSPS) is 17.5. The predicted molar refractivity (Wildman–Crippen MR) is 107 cm³/mol. The standard InChI is InChI=1S/C21H25N3OS/c1-13-5-7-14(8-6-13)12-24-20(25)18-16-10-9-15(21(2,3)4)11-17(16)26-19(18)22-23-24/h5-8,15H,9-12H2,1-4H3. The topological polar surface area (TPSA) is 47.8 Å². The molecule has 4 nitrogen and oxygen atoms in total. The number of aryl methyl sites for hydroxylation is 2. The zero-order chi connectivity index (χ0) is 18.5. The molecule has 1 atom stereocenters. The van der Waals surface area contributed by atoms with Crippen molar-refractivity contribution < 1.29 is 0 Å². The molecule has 0 amide bonds. The lowest BCUT2D eigenvalue weighted by atomic mass is 9.72. The van der Waals surface area contributed by atoms with Crippen LogP contribution in [0.1, 0.15) is 48.8 Å². The van der Waals surface area contributed by atoms with Gasteiger partial charge in [-0.05, 0) is 48.6 Å². The Hall–Kier alpha value is -2.01. The molecule has 0 fully saturated rings. The third kappa shape index (κ3) is 3.09. The third-order valence-electron chi connectivity index (χ3n) is 5.62. The number of benzene rings is 1. The Morgan fingerprint density at radius 2 is 1.96 bits per heavy atom. The predicted octanol–water partition coefficient (Wildman–Crippen LogP) is 4.36. The molecule has 2 heterocycles. The van der Waals surface area contributed by atoms with Crippen LogP contribution in [0, 0.1) is 18.3 Å². The van der Waals surface area contributed by atoms with Crippen LogP contribution in [-0.2, 0) is 19.4 Å². The van der Waals surface area contributed by atoms with Crippen LogP contribution in [0.2, 0.25) is 0 Å². The minimum Gasteiger partial charge on any atom is -0.267 e. The van der Waals surface area contributed by atoms with E-state index in [1.54, 1.807) is 11.3 Å². The number of hydrogen-bond acceptors (Lipinski definition) is 4. The fourth-order valence-corrected chi connectivity index (χ4v) is 5.07. The maximum Gasteiger partial charge on any atom is 0.279 e. The molecule has 0 aliphatic heterocycles. The largest absolute Gasteiger partial charge is 0.279 e. The van der Waals surface area contributed by atoms with E-state index in [2.05, 4.69) is 50.1 Å². The molecule has 0 bridgehead atoms. The van der Waals surface area contributed by atoms with Crippen LogP contribution in [-0.4, -0.2) is 15.0 Å². The van der Waals surface area contributed by atoms with E-state index < -0.39 is 0 Å². The van der Waals surface area contributed by atoms with Crippen molar-refractivity contribution in [3.63, 3.8) is 0 Å². The molecule has 26 heavy (non-hydrogen) atoms. The van der Waals surface area contributed by atoms with Gasteiger partial charge in [0.2, 0.25) is 0 Å². The number of fused-ring (bicyclic) bond motifs is 3. The Kier molecular flexibility index (Phi) is 4.22. The minimum absolute atomic E-state index is 0.00211. The highest BCUT2D eigenvalue weighted by Gasteiger charge is 2.31. The summed E-state index contributed by atoms with van der Waals surface area (Å²) >= 11 is 1.66. The van der Waals surface area contributed by atoms with Gasteiger partial charge in [-0.3, -0.25) is 4.79 Å². The maximum atomic E-state index is 13.1. The molecule has 1 aliphatic rings. The van der Waals surface area contributed by atoms with Gasteiger partial charge in [0, 0.05) is 4.88 Å². The van der Waals surface area contributed by atoms with Gasteiger partial charge in [0.25, 0.3) is 5.56 Å². The van der Waals surface area contributed by atoms with Gasteiger partial charge in [-0.2, -0.15) is 0 Å². The molecule has 2 aromatic heterocycles. The summed E-state index contributed by atoms with van der Waals surface area (Å²) in [5, 5.41) is 9.38. The summed E-state index contributed by atoms with van der Waals surface area (Å²) in [6, 6.07) is 8.21. The molecular formula is C21H25N3OS. The Morgan fingerprint density at radius 3 is 2.65 bits per heavy atom. The molecule has 136 valence electrons. The first kappa shape index (κ1) is 17.4. The highest BCUT2D eigenvalue weighted by molar-refractivity contribution is 7.18. The highest BCUT2D eigenvalue weighted by Crippen LogP contribution is 2.41. The van der Waals surface area contributed by atoms with Crippen molar-refractivity contribution in [2.45, 2.75) is 53.5 Å². The summed E-state index contributed by atoms with van der Waals surface area (Å²) in [6.07, 6.45) is 3.17. The molecule has 3 aromatic rings. The summed E-state index contributed by atoms with van der Waals surface area (Å²) in [5.74, 6) is 0.658. The maximum absolute atomic E-state index is 13.1. The summed E-state index contributed by atoms with van der Waals surface area (Å²) in [5.41, 5.74) is 3.81. The number of rotatable bonds is 2. The zero-order valence-corrected chi connectivity index (χ0v) is 16.7. The van der Waals surface area contributed by atoms with E-state index in [0.29, 0.717) is 17.9 Å². The van der Waals surface area contributed by atoms with Crippen LogP contribution in [0.3, 0.4) is 0 Å². The average molecular weight is 368 g/mol. The molecule has 0 N–H and O–H groups in total. The summed E-state index contributed by atoms with van der Waals surface area (Å²) in [4.78, 5) is 15.2. The van der Waals surface area contributed by atoms with Gasteiger partial charge in [0.05, 0.1) is 11.9 Å². The van der Waals surface area contributed by atoms with E-state index >= 15 is 0 Å². The average Bonchev–Trinajstić information content (AvgIpc) is 2.97. The molecule has 1 aliphatic carbocycles. The molecule has 0 saturated carbocycles. The molecule has 1 aromatic carbocycles. The lowest BCUT2D eigenvalue weighted by Crippen LogP contribution is -2.28. The fraction of sp³-hybridized carbons (Fsp3) is 0.476. The van der Waals surface area contributed by atoms with Crippen molar-refractivity contribution in [3.05, 3.63) is 56.2 Å². The van der Waals surface area contributed by atoms with E-state index in [1.807, 2.05) is 12.1 Å². The van der Waals surface area contributed by atoms with Crippen molar-refractivity contribution >= 4 is 21.6 Å². The second-order valence-electron chi connectivity index (χ2n) is 8.53. The molecule has 1 unspecified atom stereocenters. The van der Waals surface area contributed by atoms with Gasteiger partial charge in [0.1, 0.15) is 0 Å². The van der Waals surface area contributed by atoms with Gasteiger partial charge in [-0.1, -0.05) is 55.8 Å². The molecule has 4 rings (SSSR count). The number of hydrogen-bond donors (Lipinski definition) is 0. The first-order valence-corrected chi connectivity index (χ1v) is 10.1. The van der Waals surface area contributed by atoms with Crippen molar-refractivity contribution in [2.75, 3.05) is 0 Å². The molecular weight excluding hydrogens is 342 g/mol. The Bertz CT molecular complexity index is 1010. The quantitative estimate of drug-likeness (QED) is 0.676. The van der Waals surface area contributed by atoms with E-state index in [-0.39, 0.29) is 5.56 Å². The van der Waals surface area contributed by atoms with Crippen LogP contribution in [0.5, 0.6) is 0 Å². The molecule has 5 heteroatoms. The highest BCUT2D eigenvalue weighted by atomic mass is 32.1. The Morgan fingerprint density at radius 1 is 1.23 bits per heavy atom. The summed E-state index contributed by atoms with van der Waals surface area (Å²) in [6.45, 7) is 9.46. The van der Waals surface area contributed by atoms with Crippen LogP contribution in [0.4, 0.5) is 0 Å². The lowest BCUT2D eigenvalue weighted by Gasteiger charge is -2.33. The van der Waals surface area contributed by atoms with Crippen LogP contribution < -0.4 is 5.56 Å². The van der Waals surface area contributed by atoms with E-state index in [0.717, 1.165) is 35.0 Å². The summed E-state index contributed by atoms with van der Waals surface area (Å²) < 4.78 is 1.51. The SMILES string of the molecule is Cc1ccc(Cn2nnc3sc4c(c3c2=O)CCC(C(C)(C)C)C4)cc1. The lowest BCUT2D eigenvalue weighted by molar-refractivity contribution is 0.218. The Balaban J connectivity index is 1.72. The van der Waals surface area contributed by atoms with Gasteiger partial charge >= 0.3 is 0 Å². The molecule has 0 radical (unpaired) electrons. The van der Waals surface area contributed by atoms with Crippen LogP contribution in [0.15, 0.2) is 29.1 Å². The Labute approximate surface area is 157 Å². The molecule has 0 spiro atoms. The van der Waals surface area contributed by atoms with E-state index in [4.69, 9.17) is 0 Å². The summed E-state index contributed by atoms with van der Waals surface area (Å²) in [7, 11) is 0. The van der Waals surface area contributed by atoms with Crippen molar-refractivity contribution in [2.24, 2.45) is 11.3 Å². The second-order valence-corrected chi connectivity index (χ2v) is 9.61. The van der Waals surface area contributed by atoms with Crippen molar-refractivity contribution in [3.8, 4) is 0 Å². The molecule has 0 saturated heterocycles. The first-order valence-electron chi connectivity index (χ1n) is 9.26. The van der Waals surface area contributed by atoms with E-state index in [1.165, 1.54) is 20.7 Å². The zero-order valence-electron chi connectivity index (χ0n) is 15.9. The van der Waals surface area contributed by atoms with Gasteiger partial charge in [0.15, 0.2) is 4.83 Å². The number of thiophene rings is 1. The monoisotopic (exact) mass is 367 g/mol. The smallest absolute Gasteiger partial charge is 0.267 e. The number of nitrogens with zero attached hydrogens (tertiary/aromatic N) is 3.